The standard InChI is InChI=1S/C15H18Cl2N2O2/c16-11-2-3-12(20)14(15(11)17)9-1-4-13(21)19(8-9)10-5-6-18-7-10/h2-3,9-10,18,20H,1,4-8H2/t9-,10-/m1/s1. The average molecular weight is 329 g/mol. The number of rotatable bonds is 2. The van der Waals surface area contributed by atoms with Crippen molar-refractivity contribution in [3.63, 3.8) is 0 Å². The fourth-order valence-electron chi connectivity index (χ4n) is 3.31. The number of likely N-dealkylation sites (tertiary alicyclic amines) is 1. The molecule has 0 unspecified atom stereocenters. The maximum atomic E-state index is 12.2. The van der Waals surface area contributed by atoms with Gasteiger partial charge in [0, 0.05) is 37.0 Å². The number of carbonyl (C=O) groups excluding carboxylic acids is 1. The Morgan fingerprint density at radius 3 is 2.81 bits per heavy atom. The number of nitrogens with zero attached hydrogens (tertiary/aromatic N) is 1. The van der Waals surface area contributed by atoms with Crippen molar-refractivity contribution in [3.8, 4) is 5.75 Å². The van der Waals surface area contributed by atoms with Gasteiger partial charge in [0.1, 0.15) is 5.75 Å². The number of hydrogen-bond acceptors (Lipinski definition) is 3. The first-order valence-corrected chi connectivity index (χ1v) is 8.00. The van der Waals surface area contributed by atoms with E-state index in [1.54, 1.807) is 12.1 Å². The van der Waals surface area contributed by atoms with Crippen LogP contribution in [-0.4, -0.2) is 41.6 Å². The summed E-state index contributed by atoms with van der Waals surface area (Å²) in [5.41, 5.74) is 0.674. The number of phenolic OH excluding ortho intramolecular Hbond substituents is 1. The zero-order valence-corrected chi connectivity index (χ0v) is 13.1. The Hall–Kier alpha value is -0.970. The summed E-state index contributed by atoms with van der Waals surface area (Å²) < 4.78 is 0. The molecular formula is C15H18Cl2N2O2. The van der Waals surface area contributed by atoms with Gasteiger partial charge in [-0.2, -0.15) is 0 Å². The van der Waals surface area contributed by atoms with Crippen molar-refractivity contribution in [2.45, 2.75) is 31.2 Å². The Morgan fingerprint density at radius 2 is 2.10 bits per heavy atom. The van der Waals surface area contributed by atoms with Crippen LogP contribution in [0.3, 0.4) is 0 Å². The summed E-state index contributed by atoms with van der Waals surface area (Å²) in [4.78, 5) is 14.1. The van der Waals surface area contributed by atoms with Crippen LogP contribution in [0.1, 0.15) is 30.7 Å². The normalized spacial score (nSPS) is 26.4. The summed E-state index contributed by atoms with van der Waals surface area (Å²) >= 11 is 12.3. The molecule has 4 nitrogen and oxygen atoms in total. The molecule has 2 atom stereocenters. The van der Waals surface area contributed by atoms with Crippen LogP contribution in [0.4, 0.5) is 0 Å². The highest BCUT2D eigenvalue weighted by Gasteiger charge is 2.34. The molecule has 0 radical (unpaired) electrons. The van der Waals surface area contributed by atoms with Crippen LogP contribution in [0.15, 0.2) is 12.1 Å². The van der Waals surface area contributed by atoms with Gasteiger partial charge in [0.05, 0.1) is 10.0 Å². The number of hydrogen-bond donors (Lipinski definition) is 2. The quantitative estimate of drug-likeness (QED) is 0.877. The van der Waals surface area contributed by atoms with Crippen LogP contribution < -0.4 is 5.32 Å². The third-order valence-electron chi connectivity index (χ3n) is 4.44. The molecule has 3 rings (SSSR count). The van der Waals surface area contributed by atoms with Crippen LogP contribution in [0.2, 0.25) is 10.0 Å². The van der Waals surface area contributed by atoms with Gasteiger partial charge < -0.3 is 15.3 Å². The highest BCUT2D eigenvalue weighted by molar-refractivity contribution is 6.42. The van der Waals surface area contributed by atoms with E-state index in [2.05, 4.69) is 5.32 Å². The largest absolute Gasteiger partial charge is 0.508 e. The van der Waals surface area contributed by atoms with Crippen molar-refractivity contribution in [2.24, 2.45) is 0 Å². The summed E-state index contributed by atoms with van der Waals surface area (Å²) in [5.74, 6) is 0.389. The van der Waals surface area contributed by atoms with Crippen LogP contribution in [0, 0.1) is 0 Å². The Bertz CT molecular complexity index is 559. The molecule has 0 aromatic heterocycles. The van der Waals surface area contributed by atoms with E-state index in [1.165, 1.54) is 0 Å². The predicted molar refractivity (Wildman–Crippen MR) is 83.1 cm³/mol. The number of phenols is 1. The molecule has 0 aliphatic carbocycles. The minimum absolute atomic E-state index is 0.0366. The lowest BCUT2D eigenvalue weighted by molar-refractivity contribution is -0.136. The van der Waals surface area contributed by atoms with Crippen molar-refractivity contribution in [2.75, 3.05) is 19.6 Å². The van der Waals surface area contributed by atoms with Gasteiger partial charge in [0.25, 0.3) is 0 Å². The van der Waals surface area contributed by atoms with E-state index >= 15 is 0 Å². The van der Waals surface area contributed by atoms with E-state index in [0.29, 0.717) is 35.0 Å². The summed E-state index contributed by atoms with van der Waals surface area (Å²) in [5, 5.41) is 14.3. The maximum absolute atomic E-state index is 12.2. The van der Waals surface area contributed by atoms with Gasteiger partial charge >= 0.3 is 0 Å². The minimum Gasteiger partial charge on any atom is -0.508 e. The van der Waals surface area contributed by atoms with E-state index in [-0.39, 0.29) is 23.6 Å². The average Bonchev–Trinajstić information content (AvgIpc) is 2.99. The van der Waals surface area contributed by atoms with Crippen LogP contribution in [0.5, 0.6) is 5.75 Å². The second kappa shape index (κ2) is 6.03. The van der Waals surface area contributed by atoms with Gasteiger partial charge in [0.2, 0.25) is 5.91 Å². The van der Waals surface area contributed by atoms with Gasteiger partial charge in [-0.05, 0) is 31.5 Å². The number of halogens is 2. The zero-order chi connectivity index (χ0) is 15.0. The molecule has 114 valence electrons. The molecule has 2 N–H and O–H groups in total. The molecular weight excluding hydrogens is 311 g/mol. The fraction of sp³-hybridized carbons (Fsp3) is 0.533. The lowest BCUT2D eigenvalue weighted by atomic mass is 9.88. The van der Waals surface area contributed by atoms with Gasteiger partial charge in [-0.3, -0.25) is 4.79 Å². The fourth-order valence-corrected chi connectivity index (χ4v) is 3.79. The number of carbonyl (C=O) groups is 1. The Kier molecular flexibility index (Phi) is 4.29. The van der Waals surface area contributed by atoms with Crippen LogP contribution in [-0.2, 0) is 4.79 Å². The number of nitrogens with one attached hydrogen (secondary N) is 1. The first-order valence-electron chi connectivity index (χ1n) is 7.25. The Morgan fingerprint density at radius 1 is 1.29 bits per heavy atom. The second-order valence-corrected chi connectivity index (χ2v) is 6.51. The van der Waals surface area contributed by atoms with Crippen molar-refractivity contribution >= 4 is 29.1 Å². The van der Waals surface area contributed by atoms with E-state index in [4.69, 9.17) is 23.2 Å². The molecule has 2 aliphatic rings. The van der Waals surface area contributed by atoms with E-state index < -0.39 is 0 Å². The molecule has 0 spiro atoms. The first-order chi connectivity index (χ1) is 10.1. The summed E-state index contributed by atoms with van der Waals surface area (Å²) in [7, 11) is 0. The first kappa shape index (κ1) is 14.9. The van der Waals surface area contributed by atoms with E-state index in [0.717, 1.165) is 19.5 Å². The van der Waals surface area contributed by atoms with Gasteiger partial charge in [-0.1, -0.05) is 23.2 Å². The lowest BCUT2D eigenvalue weighted by Crippen LogP contribution is -2.46. The predicted octanol–water partition coefficient (Wildman–Crippen LogP) is 2.77. The summed E-state index contributed by atoms with van der Waals surface area (Å²) in [6, 6.07) is 3.41. The van der Waals surface area contributed by atoms with Crippen LogP contribution >= 0.6 is 23.2 Å². The van der Waals surface area contributed by atoms with E-state index in [1.807, 2.05) is 4.90 Å². The van der Waals surface area contributed by atoms with Crippen molar-refractivity contribution in [1.29, 1.82) is 0 Å². The molecule has 2 heterocycles. The SMILES string of the molecule is O=C1CC[C@@H](c2c(O)ccc(Cl)c2Cl)CN1[C@@H]1CCNC1. The highest BCUT2D eigenvalue weighted by Crippen LogP contribution is 2.41. The molecule has 2 saturated heterocycles. The molecule has 21 heavy (non-hydrogen) atoms. The molecule has 6 heteroatoms. The lowest BCUT2D eigenvalue weighted by Gasteiger charge is -2.37. The van der Waals surface area contributed by atoms with Crippen molar-refractivity contribution < 1.29 is 9.90 Å². The molecule has 1 amide bonds. The number of benzene rings is 1. The number of aromatic hydroxyl groups is 1. The van der Waals surface area contributed by atoms with Crippen molar-refractivity contribution in [1.82, 2.24) is 10.2 Å². The third kappa shape index (κ3) is 2.85. The zero-order valence-electron chi connectivity index (χ0n) is 11.6. The summed E-state index contributed by atoms with van der Waals surface area (Å²) in [6.45, 7) is 2.38. The van der Waals surface area contributed by atoms with Crippen LogP contribution in [0.25, 0.3) is 0 Å². The minimum atomic E-state index is 0.0366. The monoisotopic (exact) mass is 328 g/mol. The topological polar surface area (TPSA) is 52.6 Å². The Labute approximate surface area is 134 Å². The molecule has 0 bridgehead atoms. The molecule has 2 aliphatic heterocycles. The van der Waals surface area contributed by atoms with Gasteiger partial charge in [-0.15, -0.1) is 0 Å². The molecule has 2 fully saturated rings. The highest BCUT2D eigenvalue weighted by atomic mass is 35.5. The number of piperidine rings is 1. The second-order valence-electron chi connectivity index (χ2n) is 5.72. The van der Waals surface area contributed by atoms with E-state index in [9.17, 15) is 9.90 Å². The number of amides is 1. The van der Waals surface area contributed by atoms with Crippen molar-refractivity contribution in [3.05, 3.63) is 27.7 Å². The maximum Gasteiger partial charge on any atom is 0.222 e. The third-order valence-corrected chi connectivity index (χ3v) is 5.26. The van der Waals surface area contributed by atoms with Gasteiger partial charge in [-0.25, -0.2) is 0 Å². The molecule has 1 aromatic rings. The smallest absolute Gasteiger partial charge is 0.222 e. The Balaban J connectivity index is 1.86. The van der Waals surface area contributed by atoms with Gasteiger partial charge in [0.15, 0.2) is 0 Å². The molecule has 1 aromatic carbocycles. The summed E-state index contributed by atoms with van der Waals surface area (Å²) in [6.07, 6.45) is 2.17. The molecule has 0 saturated carbocycles.